The minimum atomic E-state index is -1.34. The number of carboxylic acids is 1. The van der Waals surface area contributed by atoms with Gasteiger partial charge in [0.15, 0.2) is 5.96 Å². The van der Waals surface area contributed by atoms with E-state index in [1.807, 2.05) is 6.07 Å². The fourth-order valence-corrected chi connectivity index (χ4v) is 2.85. The SMILES string of the molecule is CC(=O)N[C@@H](CCCN=C(N)N)C(=O)NCC(=O)N[C@@H](CC(=O)O)C(=O)NCc1ccccc1. The normalized spacial score (nSPS) is 11.9. The number of rotatable bonds is 14. The van der Waals surface area contributed by atoms with Crippen LogP contribution in [-0.2, 0) is 30.5 Å². The molecule has 0 heterocycles. The van der Waals surface area contributed by atoms with Gasteiger partial charge in [0.2, 0.25) is 23.6 Å². The standard InChI is InChI=1S/C21H31N7O6/c1-13(29)27-15(8-5-9-24-21(22)23)19(33)26-12-17(30)28-16(10-18(31)32)20(34)25-11-14-6-3-2-4-7-14/h2-4,6-7,15-16H,5,8-12H2,1H3,(H,25,34)(H,26,33)(H,27,29)(H,28,30)(H,31,32)(H4,22,23,24)/t15-,16-/m0/s1. The molecular formula is C21H31N7O6. The summed E-state index contributed by atoms with van der Waals surface area (Å²) in [6, 6.07) is 6.69. The van der Waals surface area contributed by atoms with Gasteiger partial charge in [-0.1, -0.05) is 30.3 Å². The summed E-state index contributed by atoms with van der Waals surface area (Å²) >= 11 is 0. The molecule has 0 aliphatic carbocycles. The van der Waals surface area contributed by atoms with E-state index >= 15 is 0 Å². The molecule has 0 radical (unpaired) electrons. The maximum atomic E-state index is 12.4. The third-order valence-corrected chi connectivity index (χ3v) is 4.40. The summed E-state index contributed by atoms with van der Waals surface area (Å²) in [5.41, 5.74) is 11.3. The van der Waals surface area contributed by atoms with Crippen LogP contribution in [0.1, 0.15) is 31.7 Å². The second-order valence-corrected chi connectivity index (χ2v) is 7.34. The van der Waals surface area contributed by atoms with Crippen molar-refractivity contribution in [2.45, 2.75) is 44.8 Å². The Balaban J connectivity index is 2.62. The molecule has 13 heteroatoms. The number of nitrogens with two attached hydrogens (primary N) is 2. The Hall–Kier alpha value is -4.16. The van der Waals surface area contributed by atoms with Crippen molar-refractivity contribution in [3.05, 3.63) is 35.9 Å². The summed E-state index contributed by atoms with van der Waals surface area (Å²) in [5, 5.41) is 18.8. The van der Waals surface area contributed by atoms with E-state index in [1.165, 1.54) is 6.92 Å². The molecular weight excluding hydrogens is 446 g/mol. The Morgan fingerprint density at radius 2 is 1.62 bits per heavy atom. The van der Waals surface area contributed by atoms with E-state index in [4.69, 9.17) is 16.6 Å². The zero-order chi connectivity index (χ0) is 25.5. The molecule has 0 aliphatic heterocycles. The van der Waals surface area contributed by atoms with E-state index < -0.39 is 54.6 Å². The third kappa shape index (κ3) is 12.0. The fraction of sp³-hybridized carbons (Fsp3) is 0.429. The fourth-order valence-electron chi connectivity index (χ4n) is 2.85. The van der Waals surface area contributed by atoms with Gasteiger partial charge in [-0.2, -0.15) is 0 Å². The van der Waals surface area contributed by atoms with Gasteiger partial charge >= 0.3 is 5.97 Å². The number of aliphatic carboxylic acids is 1. The molecule has 0 fully saturated rings. The molecule has 4 amide bonds. The molecule has 1 rings (SSSR count). The van der Waals surface area contributed by atoms with Crippen molar-refractivity contribution in [2.75, 3.05) is 13.1 Å². The van der Waals surface area contributed by atoms with Crippen molar-refractivity contribution in [1.29, 1.82) is 0 Å². The van der Waals surface area contributed by atoms with Crippen molar-refractivity contribution in [3.8, 4) is 0 Å². The second-order valence-electron chi connectivity index (χ2n) is 7.34. The van der Waals surface area contributed by atoms with Crippen LogP contribution < -0.4 is 32.7 Å². The van der Waals surface area contributed by atoms with Gasteiger partial charge in [0.05, 0.1) is 13.0 Å². The summed E-state index contributed by atoms with van der Waals surface area (Å²) in [7, 11) is 0. The van der Waals surface area contributed by atoms with Crippen LogP contribution in [-0.4, -0.2) is 65.8 Å². The van der Waals surface area contributed by atoms with E-state index in [-0.39, 0.29) is 25.5 Å². The average Bonchev–Trinajstić information content (AvgIpc) is 2.77. The molecule has 0 aromatic heterocycles. The van der Waals surface area contributed by atoms with Crippen molar-refractivity contribution < 1.29 is 29.1 Å². The number of nitrogens with one attached hydrogen (secondary N) is 4. The molecule has 1 aromatic rings. The van der Waals surface area contributed by atoms with E-state index in [9.17, 15) is 24.0 Å². The van der Waals surface area contributed by atoms with Gasteiger partial charge in [0, 0.05) is 20.0 Å². The monoisotopic (exact) mass is 477 g/mol. The van der Waals surface area contributed by atoms with Crippen LogP contribution in [0.5, 0.6) is 0 Å². The highest BCUT2D eigenvalue weighted by Gasteiger charge is 2.25. The van der Waals surface area contributed by atoms with Crippen molar-refractivity contribution >= 4 is 35.6 Å². The first-order valence-electron chi connectivity index (χ1n) is 10.5. The van der Waals surface area contributed by atoms with Crippen LogP contribution in [0.2, 0.25) is 0 Å². The van der Waals surface area contributed by atoms with Crippen molar-refractivity contribution in [1.82, 2.24) is 21.3 Å². The van der Waals surface area contributed by atoms with Crippen LogP contribution in [0.4, 0.5) is 0 Å². The van der Waals surface area contributed by atoms with E-state index in [0.717, 1.165) is 5.56 Å². The number of carboxylic acid groups (broad SMARTS) is 1. The molecule has 0 bridgehead atoms. The molecule has 9 N–H and O–H groups in total. The Morgan fingerprint density at radius 1 is 0.971 bits per heavy atom. The molecule has 2 atom stereocenters. The summed E-state index contributed by atoms with van der Waals surface area (Å²) in [6.07, 6.45) is -0.0301. The molecule has 0 unspecified atom stereocenters. The largest absolute Gasteiger partial charge is 0.481 e. The first-order chi connectivity index (χ1) is 16.1. The highest BCUT2D eigenvalue weighted by atomic mass is 16.4. The van der Waals surface area contributed by atoms with Crippen LogP contribution in [0, 0.1) is 0 Å². The predicted molar refractivity (Wildman–Crippen MR) is 123 cm³/mol. The van der Waals surface area contributed by atoms with Crippen molar-refractivity contribution in [3.63, 3.8) is 0 Å². The number of hydrogen-bond acceptors (Lipinski definition) is 6. The minimum absolute atomic E-state index is 0.0964. The number of hydrogen-bond donors (Lipinski definition) is 7. The number of carbonyl (C=O) groups is 5. The van der Waals surface area contributed by atoms with Gasteiger partial charge < -0.3 is 37.8 Å². The minimum Gasteiger partial charge on any atom is -0.481 e. The number of benzene rings is 1. The summed E-state index contributed by atoms with van der Waals surface area (Å²) < 4.78 is 0. The van der Waals surface area contributed by atoms with Gasteiger partial charge in [0.25, 0.3) is 0 Å². The molecule has 186 valence electrons. The quantitative estimate of drug-likeness (QED) is 0.0895. The lowest BCUT2D eigenvalue weighted by atomic mass is 10.1. The smallest absolute Gasteiger partial charge is 0.305 e. The lowest BCUT2D eigenvalue weighted by Gasteiger charge is -2.19. The zero-order valence-corrected chi connectivity index (χ0v) is 18.9. The Kier molecular flexibility index (Phi) is 12.1. The number of guanidine groups is 1. The Bertz CT molecular complexity index is 887. The number of amides is 4. The molecule has 0 spiro atoms. The van der Waals surface area contributed by atoms with Crippen LogP contribution in [0.3, 0.4) is 0 Å². The van der Waals surface area contributed by atoms with Crippen LogP contribution in [0.15, 0.2) is 35.3 Å². The summed E-state index contributed by atoms with van der Waals surface area (Å²) in [5.74, 6) is -3.89. The third-order valence-electron chi connectivity index (χ3n) is 4.40. The lowest BCUT2D eigenvalue weighted by molar-refractivity contribution is -0.140. The highest BCUT2D eigenvalue weighted by Crippen LogP contribution is 2.01. The number of carbonyl (C=O) groups excluding carboxylic acids is 4. The predicted octanol–water partition coefficient (Wildman–Crippen LogP) is -2.06. The molecule has 0 saturated heterocycles. The topological polar surface area (TPSA) is 218 Å². The first kappa shape index (κ1) is 27.9. The maximum absolute atomic E-state index is 12.4. The van der Waals surface area contributed by atoms with E-state index in [2.05, 4.69) is 26.3 Å². The molecule has 13 nitrogen and oxygen atoms in total. The highest BCUT2D eigenvalue weighted by molar-refractivity contribution is 5.93. The van der Waals surface area contributed by atoms with Gasteiger partial charge in [-0.05, 0) is 18.4 Å². The number of nitrogens with zero attached hydrogens (tertiary/aromatic N) is 1. The van der Waals surface area contributed by atoms with Gasteiger partial charge in [-0.25, -0.2) is 0 Å². The first-order valence-corrected chi connectivity index (χ1v) is 10.5. The maximum Gasteiger partial charge on any atom is 0.305 e. The number of aliphatic imine (C=N–C) groups is 1. The van der Waals surface area contributed by atoms with Crippen LogP contribution >= 0.6 is 0 Å². The van der Waals surface area contributed by atoms with Gasteiger partial charge in [-0.3, -0.25) is 29.0 Å². The lowest BCUT2D eigenvalue weighted by Crippen LogP contribution is -2.52. The summed E-state index contributed by atoms with van der Waals surface area (Å²) in [4.78, 5) is 63.4. The van der Waals surface area contributed by atoms with Gasteiger partial charge in [0.1, 0.15) is 12.1 Å². The Labute approximate surface area is 196 Å². The molecule has 0 saturated carbocycles. The Morgan fingerprint density at radius 3 is 2.21 bits per heavy atom. The average molecular weight is 478 g/mol. The van der Waals surface area contributed by atoms with E-state index in [1.54, 1.807) is 24.3 Å². The van der Waals surface area contributed by atoms with Crippen LogP contribution in [0.25, 0.3) is 0 Å². The molecule has 0 aliphatic rings. The zero-order valence-electron chi connectivity index (χ0n) is 18.9. The van der Waals surface area contributed by atoms with Crippen molar-refractivity contribution in [2.24, 2.45) is 16.5 Å². The molecule has 34 heavy (non-hydrogen) atoms. The van der Waals surface area contributed by atoms with Gasteiger partial charge in [-0.15, -0.1) is 0 Å². The summed E-state index contributed by atoms with van der Waals surface area (Å²) in [6.45, 7) is 1.13. The second kappa shape index (κ2) is 14.8. The molecule has 1 aromatic carbocycles. The van der Waals surface area contributed by atoms with E-state index in [0.29, 0.717) is 6.42 Å².